The second-order valence-electron chi connectivity index (χ2n) is 8.38. The quantitative estimate of drug-likeness (QED) is 0.678. The van der Waals surface area contributed by atoms with Gasteiger partial charge in [-0.25, -0.2) is 16.8 Å². The zero-order valence-electron chi connectivity index (χ0n) is 17.9. The molecule has 1 saturated heterocycles. The molecule has 2 atom stereocenters. The topological polar surface area (TPSA) is 74.8 Å². The van der Waals surface area contributed by atoms with Crippen LogP contribution in [0.2, 0.25) is 0 Å². The van der Waals surface area contributed by atoms with Gasteiger partial charge in [-0.3, -0.25) is 0 Å². The van der Waals surface area contributed by atoms with E-state index in [0.717, 1.165) is 11.1 Å². The fraction of sp³-hybridized carbons (Fsp3) is 0.455. The number of piperazine rings is 1. The van der Waals surface area contributed by atoms with Crippen molar-refractivity contribution in [2.75, 3.05) is 19.3 Å². The zero-order chi connectivity index (χ0) is 22.1. The first-order valence-electron chi connectivity index (χ1n) is 10.1. The molecule has 30 heavy (non-hydrogen) atoms. The smallest absolute Gasteiger partial charge is 0.212 e. The second-order valence-corrected chi connectivity index (χ2v) is 12.2. The average Bonchev–Trinajstić information content (AvgIpc) is 2.67. The maximum absolute atomic E-state index is 13.5. The third-order valence-corrected chi connectivity index (χ3v) is 8.88. The molecule has 0 radical (unpaired) electrons. The molecule has 2 aromatic carbocycles. The van der Waals surface area contributed by atoms with Crippen molar-refractivity contribution in [3.05, 3.63) is 65.7 Å². The summed E-state index contributed by atoms with van der Waals surface area (Å²) in [5.74, 6) is -0.0350. The van der Waals surface area contributed by atoms with Crippen molar-refractivity contribution in [1.82, 2.24) is 8.61 Å². The van der Waals surface area contributed by atoms with Crippen molar-refractivity contribution in [1.29, 1.82) is 0 Å². The Morgan fingerprint density at radius 2 is 1.50 bits per heavy atom. The third-order valence-electron chi connectivity index (χ3n) is 5.67. The predicted molar refractivity (Wildman–Crippen MR) is 119 cm³/mol. The number of aryl methyl sites for hydroxylation is 1. The van der Waals surface area contributed by atoms with Gasteiger partial charge < -0.3 is 0 Å². The molecule has 0 N–H and O–H groups in total. The van der Waals surface area contributed by atoms with Crippen LogP contribution in [0.15, 0.2) is 59.5 Å². The minimum atomic E-state index is -3.76. The normalized spacial score (nSPS) is 21.8. The van der Waals surface area contributed by atoms with E-state index >= 15 is 0 Å². The number of rotatable bonds is 6. The number of nitrogens with zero attached hydrogens (tertiary/aromatic N) is 2. The highest BCUT2D eigenvalue weighted by atomic mass is 32.2. The molecule has 3 rings (SSSR count). The lowest BCUT2D eigenvalue weighted by atomic mass is 9.98. The number of hydrogen-bond acceptors (Lipinski definition) is 4. The van der Waals surface area contributed by atoms with Crippen LogP contribution < -0.4 is 0 Å². The fourth-order valence-corrected chi connectivity index (χ4v) is 6.87. The molecule has 1 aliphatic rings. The third kappa shape index (κ3) is 4.94. The summed E-state index contributed by atoms with van der Waals surface area (Å²) >= 11 is 0. The lowest BCUT2D eigenvalue weighted by molar-refractivity contribution is 0.117. The molecule has 2 aromatic rings. The molecule has 1 heterocycles. The number of benzene rings is 2. The van der Waals surface area contributed by atoms with Gasteiger partial charge in [-0.1, -0.05) is 61.9 Å². The van der Waals surface area contributed by atoms with Crippen molar-refractivity contribution in [2.45, 2.75) is 44.2 Å². The van der Waals surface area contributed by atoms with Crippen molar-refractivity contribution in [3.8, 4) is 0 Å². The molecule has 8 heteroatoms. The summed E-state index contributed by atoms with van der Waals surface area (Å²) in [5, 5.41) is 0. The molecule has 0 aromatic heterocycles. The Labute approximate surface area is 180 Å². The Bertz CT molecular complexity index is 1070. The molecule has 1 aliphatic heterocycles. The van der Waals surface area contributed by atoms with Crippen LogP contribution in [0.4, 0.5) is 0 Å². The molecule has 0 saturated carbocycles. The van der Waals surface area contributed by atoms with Crippen LogP contribution in [-0.2, 0) is 26.5 Å². The first-order chi connectivity index (χ1) is 14.0. The van der Waals surface area contributed by atoms with Gasteiger partial charge in [0.1, 0.15) is 0 Å². The SMILES string of the molecule is Cc1ccc(S(=O)(=O)N2C[C@H](Cc3ccccc3)N(S(C)(=O)=O)C[C@@H]2C(C)C)cc1. The van der Waals surface area contributed by atoms with Crippen LogP contribution in [0.25, 0.3) is 0 Å². The van der Waals surface area contributed by atoms with E-state index in [9.17, 15) is 16.8 Å². The van der Waals surface area contributed by atoms with Crippen LogP contribution >= 0.6 is 0 Å². The van der Waals surface area contributed by atoms with Gasteiger partial charge in [0.2, 0.25) is 20.0 Å². The van der Waals surface area contributed by atoms with E-state index in [1.807, 2.05) is 51.1 Å². The zero-order valence-corrected chi connectivity index (χ0v) is 19.5. The number of hydrogen-bond donors (Lipinski definition) is 0. The first kappa shape index (κ1) is 22.9. The van der Waals surface area contributed by atoms with Gasteiger partial charge >= 0.3 is 0 Å². The summed E-state index contributed by atoms with van der Waals surface area (Å²) in [4.78, 5) is 0.241. The molecule has 0 aliphatic carbocycles. The van der Waals surface area contributed by atoms with Gasteiger partial charge in [0, 0.05) is 25.2 Å². The van der Waals surface area contributed by atoms with Crippen LogP contribution in [0.5, 0.6) is 0 Å². The van der Waals surface area contributed by atoms with Crippen molar-refractivity contribution in [2.24, 2.45) is 5.92 Å². The highest BCUT2D eigenvalue weighted by Crippen LogP contribution is 2.30. The van der Waals surface area contributed by atoms with E-state index in [-0.39, 0.29) is 23.9 Å². The minimum Gasteiger partial charge on any atom is -0.212 e. The lowest BCUT2D eigenvalue weighted by Gasteiger charge is -2.46. The van der Waals surface area contributed by atoms with E-state index < -0.39 is 32.1 Å². The molecule has 0 bridgehead atoms. The van der Waals surface area contributed by atoms with Gasteiger partial charge in [-0.15, -0.1) is 0 Å². The van der Waals surface area contributed by atoms with Crippen molar-refractivity contribution < 1.29 is 16.8 Å². The Morgan fingerprint density at radius 1 is 0.900 bits per heavy atom. The van der Waals surface area contributed by atoms with Crippen molar-refractivity contribution >= 4 is 20.0 Å². The molecular weight excluding hydrogens is 420 g/mol. The summed E-state index contributed by atoms with van der Waals surface area (Å²) in [5.41, 5.74) is 1.96. The second kappa shape index (κ2) is 8.78. The average molecular weight is 451 g/mol. The van der Waals surface area contributed by atoms with Gasteiger partial charge in [0.15, 0.2) is 0 Å². The maximum atomic E-state index is 13.5. The summed E-state index contributed by atoms with van der Waals surface area (Å²) in [6.07, 6.45) is 1.66. The molecule has 6 nitrogen and oxygen atoms in total. The van der Waals surface area contributed by atoms with E-state index in [2.05, 4.69) is 0 Å². The van der Waals surface area contributed by atoms with E-state index in [1.54, 1.807) is 24.3 Å². The monoisotopic (exact) mass is 450 g/mol. The van der Waals surface area contributed by atoms with Gasteiger partial charge in [0.05, 0.1) is 11.2 Å². The fourth-order valence-electron chi connectivity index (χ4n) is 3.98. The molecule has 0 amide bonds. The Hall–Kier alpha value is -1.74. The molecule has 0 spiro atoms. The van der Waals surface area contributed by atoms with Crippen molar-refractivity contribution in [3.63, 3.8) is 0 Å². The van der Waals surface area contributed by atoms with Gasteiger partial charge in [0.25, 0.3) is 0 Å². The Balaban J connectivity index is 2.02. The number of sulfonamides is 2. The van der Waals surface area contributed by atoms with E-state index in [4.69, 9.17) is 0 Å². The molecule has 0 unspecified atom stereocenters. The predicted octanol–water partition coefficient (Wildman–Crippen LogP) is 2.90. The summed E-state index contributed by atoms with van der Waals surface area (Å²) in [7, 11) is -7.24. The highest BCUT2D eigenvalue weighted by molar-refractivity contribution is 7.89. The minimum absolute atomic E-state index is 0.0350. The lowest BCUT2D eigenvalue weighted by Crippen LogP contribution is -2.62. The maximum Gasteiger partial charge on any atom is 0.243 e. The Kier molecular flexibility index (Phi) is 6.72. The molecule has 164 valence electrons. The van der Waals surface area contributed by atoms with Crippen LogP contribution in [0, 0.1) is 12.8 Å². The first-order valence-corrected chi connectivity index (χ1v) is 13.4. The van der Waals surface area contributed by atoms with Crippen LogP contribution in [0.1, 0.15) is 25.0 Å². The van der Waals surface area contributed by atoms with E-state index in [0.29, 0.717) is 6.42 Å². The largest absolute Gasteiger partial charge is 0.243 e. The van der Waals surface area contributed by atoms with Gasteiger partial charge in [-0.2, -0.15) is 8.61 Å². The summed E-state index contributed by atoms with van der Waals surface area (Å²) < 4.78 is 55.2. The summed E-state index contributed by atoms with van der Waals surface area (Å²) in [6.45, 7) is 6.05. The standard InChI is InChI=1S/C22H30N2O4S2/c1-17(2)22-16-23(29(4,25)26)20(14-19-8-6-5-7-9-19)15-24(22)30(27,28)21-12-10-18(3)11-13-21/h5-13,17,20,22H,14-16H2,1-4H3/t20-,22+/m0/s1. The highest BCUT2D eigenvalue weighted by Gasteiger charge is 2.44. The molecule has 1 fully saturated rings. The Morgan fingerprint density at radius 3 is 2.03 bits per heavy atom. The van der Waals surface area contributed by atoms with Gasteiger partial charge in [-0.05, 0) is 37.0 Å². The summed E-state index contributed by atoms with van der Waals surface area (Å²) in [6, 6.07) is 15.5. The molecular formula is C22H30N2O4S2. The van der Waals surface area contributed by atoms with Crippen LogP contribution in [-0.4, -0.2) is 56.9 Å². The van der Waals surface area contributed by atoms with E-state index in [1.165, 1.54) is 14.9 Å². The van der Waals surface area contributed by atoms with Crippen LogP contribution in [0.3, 0.4) is 0 Å².